The molecular weight excluding hydrogens is 1000 g/mol. The first-order chi connectivity index (χ1) is 36.1. The van der Waals surface area contributed by atoms with Gasteiger partial charge in [-0.15, -0.1) is 0 Å². The van der Waals surface area contributed by atoms with Crippen LogP contribution in [0.25, 0.3) is 10.9 Å². The van der Waals surface area contributed by atoms with Gasteiger partial charge in [-0.3, -0.25) is 19.2 Å². The van der Waals surface area contributed by atoms with E-state index in [1.165, 1.54) is 40.3 Å². The van der Waals surface area contributed by atoms with E-state index >= 15 is 0 Å². The molecule has 1 aliphatic carbocycles. The van der Waals surface area contributed by atoms with Crippen LogP contribution in [0.15, 0.2) is 29.2 Å². The molecule has 4 N–H and O–H groups in total. The minimum atomic E-state index is -2.04. The Labute approximate surface area is 452 Å². The van der Waals surface area contributed by atoms with Crippen molar-refractivity contribution in [1.82, 2.24) is 9.47 Å². The third-order valence-electron chi connectivity index (χ3n) is 16.6. The molecule has 77 heavy (non-hydrogen) atoms. The summed E-state index contributed by atoms with van der Waals surface area (Å²) in [5.41, 5.74) is -4.84. The molecule has 4 fully saturated rings. The van der Waals surface area contributed by atoms with Gasteiger partial charge in [-0.05, 0) is 106 Å². The molecule has 1 aromatic heterocycles. The lowest BCUT2D eigenvalue weighted by atomic mass is 9.74. The summed E-state index contributed by atoms with van der Waals surface area (Å²) in [6.45, 7) is 17.0. The quantitative estimate of drug-likeness (QED) is 0.115. The number of benzene rings is 1. The van der Waals surface area contributed by atoms with Crippen LogP contribution < -0.4 is 10.2 Å². The maximum absolute atomic E-state index is 14.6. The number of aromatic carboxylic acids is 1. The molecule has 0 radical (unpaired) electrons. The van der Waals surface area contributed by atoms with Crippen LogP contribution in [-0.2, 0) is 57.0 Å². The van der Waals surface area contributed by atoms with Gasteiger partial charge in [-0.25, -0.2) is 4.79 Å². The summed E-state index contributed by atoms with van der Waals surface area (Å²) in [6.07, 6.45) is -6.75. The highest BCUT2D eigenvalue weighted by molar-refractivity contribution is 5.93. The van der Waals surface area contributed by atoms with Crippen molar-refractivity contribution in [3.05, 3.63) is 40.2 Å². The largest absolute Gasteiger partial charge is 0.491 e. The van der Waals surface area contributed by atoms with Crippen LogP contribution in [0.1, 0.15) is 131 Å². The van der Waals surface area contributed by atoms with Crippen molar-refractivity contribution in [2.45, 2.75) is 204 Å². The van der Waals surface area contributed by atoms with Crippen molar-refractivity contribution in [1.29, 1.82) is 0 Å². The molecule has 3 aliphatic heterocycles. The summed E-state index contributed by atoms with van der Waals surface area (Å²) in [6, 6.07) is 4.78. The number of likely N-dealkylation sites (N-methyl/N-ethyl adjacent to an activating group) is 1. The fourth-order valence-corrected chi connectivity index (χ4v) is 11.7. The van der Waals surface area contributed by atoms with Crippen molar-refractivity contribution in [3.8, 4) is 5.75 Å². The molecule has 1 aromatic carbocycles. The number of nitrogens with zero attached hydrogens (tertiary/aromatic N) is 2. The Morgan fingerprint density at radius 2 is 1.53 bits per heavy atom. The Morgan fingerprint density at radius 3 is 2.14 bits per heavy atom. The van der Waals surface area contributed by atoms with Crippen molar-refractivity contribution in [2.75, 3.05) is 48.1 Å². The van der Waals surface area contributed by atoms with E-state index < -0.39 is 119 Å². The SMILES string of the molecule is CC[C@@H]1OC(=O)[C@H](C)[C@H](O[C@@H]2C[C@@](C)(OC)[C@H](OC(=O)CCOCCOc3ccc4c(c3)c(=O)c(C(=O)O)cn4C3CC3)[C@H](C)O2)[C@@H](C)[C@H](O[C@@H]2O[C@H](C)C[C@H](N(C)C)[C@@H]2O)[C@@](C)(OC)C[C@H](C)C(=O)[C@H](C)[C@@H](O)[C@]1(C)O. The number of methoxy groups -OCH3 is 2. The van der Waals surface area contributed by atoms with Crippen molar-refractivity contribution < 1.29 is 87.0 Å². The van der Waals surface area contributed by atoms with Crippen LogP contribution in [0.3, 0.4) is 0 Å². The molecule has 3 saturated heterocycles. The molecule has 0 amide bonds. The predicted octanol–water partition coefficient (Wildman–Crippen LogP) is 4.82. The molecule has 0 bridgehead atoms. The molecule has 21 nitrogen and oxygen atoms in total. The number of carboxylic acid groups (broad SMARTS) is 1. The Morgan fingerprint density at radius 1 is 0.870 bits per heavy atom. The summed E-state index contributed by atoms with van der Waals surface area (Å²) in [5.74, 6) is -6.42. The fourth-order valence-electron chi connectivity index (χ4n) is 11.7. The molecule has 6 rings (SSSR count). The van der Waals surface area contributed by atoms with E-state index in [1.807, 2.05) is 37.4 Å². The maximum atomic E-state index is 14.6. The normalized spacial score (nSPS) is 37.8. The zero-order chi connectivity index (χ0) is 57.1. The van der Waals surface area contributed by atoms with Gasteiger partial charge in [-0.2, -0.15) is 0 Å². The predicted molar refractivity (Wildman–Crippen MR) is 279 cm³/mol. The number of ether oxygens (including phenoxy) is 10. The zero-order valence-electron chi connectivity index (χ0n) is 47.4. The van der Waals surface area contributed by atoms with Crippen LogP contribution in [0.2, 0.25) is 0 Å². The first-order valence-electron chi connectivity index (χ1n) is 27.2. The second-order valence-corrected chi connectivity index (χ2v) is 22.8. The number of carbonyl (C=O) groups is 4. The lowest BCUT2D eigenvalue weighted by Gasteiger charge is -2.50. The fraction of sp³-hybridized carbons (Fsp3) is 0.768. The topological polar surface area (TPSA) is 267 Å². The molecule has 0 spiro atoms. The molecule has 4 heterocycles. The van der Waals surface area contributed by atoms with Crippen LogP contribution in [0.5, 0.6) is 5.75 Å². The van der Waals surface area contributed by atoms with Crippen LogP contribution in [0, 0.1) is 23.7 Å². The number of hydrogen-bond donors (Lipinski definition) is 4. The first kappa shape index (κ1) is 62.1. The van der Waals surface area contributed by atoms with E-state index in [4.69, 9.17) is 47.4 Å². The van der Waals surface area contributed by atoms with Gasteiger partial charge in [0.2, 0.25) is 5.43 Å². The number of aliphatic hydroxyl groups excluding tert-OH is 2. The Balaban J connectivity index is 1.18. The van der Waals surface area contributed by atoms with Gasteiger partial charge in [0.15, 0.2) is 18.7 Å². The summed E-state index contributed by atoms with van der Waals surface area (Å²) in [4.78, 5) is 69.0. The number of hydrogen-bond acceptors (Lipinski definition) is 19. The van der Waals surface area contributed by atoms with Gasteiger partial charge in [0.05, 0.1) is 72.6 Å². The summed E-state index contributed by atoms with van der Waals surface area (Å²) in [5, 5.41) is 45.1. The molecule has 0 unspecified atom stereocenters. The van der Waals surface area contributed by atoms with Gasteiger partial charge < -0.3 is 77.3 Å². The highest BCUT2D eigenvalue weighted by atomic mass is 16.7. The second-order valence-electron chi connectivity index (χ2n) is 22.8. The molecular formula is C56H86N2O19. The maximum Gasteiger partial charge on any atom is 0.341 e. The number of pyridine rings is 1. The number of fused-ring (bicyclic) bond motifs is 1. The number of aliphatic hydroxyl groups is 3. The molecule has 18 atom stereocenters. The summed E-state index contributed by atoms with van der Waals surface area (Å²) < 4.78 is 64.5. The smallest absolute Gasteiger partial charge is 0.341 e. The van der Waals surface area contributed by atoms with E-state index in [2.05, 4.69) is 0 Å². The van der Waals surface area contributed by atoms with Gasteiger partial charge in [-0.1, -0.05) is 27.7 Å². The van der Waals surface area contributed by atoms with Gasteiger partial charge in [0.25, 0.3) is 0 Å². The molecule has 4 aliphatic rings. The zero-order valence-corrected chi connectivity index (χ0v) is 47.4. The molecule has 1 saturated carbocycles. The standard InChI is InChI=1S/C56H86N2O19/c1-15-41-56(10,67)48(63)31(4)44(60)29(2)26-54(8,68-13)49(77-53-46(62)40(57(11)12)24-30(3)72-53)32(5)47(33(6)52(66)74-41)76-43-27-55(9,69-14)50(34(7)73-43)75-42(59)20-21-70-22-23-71-36-18-19-39-37(25-36)45(61)38(51(64)65)28-58(39)35-16-17-35/h18-19,25,28-35,40-41,43,46-50,53,62-63,67H,15-17,20-24,26-27H2,1-14H3,(H,64,65)/t29-,30+,31-,32+,33+,34-,40-,41-,43+,46-,47+,48+,49-,50+,53-,54-,55+,56+/m0/s1. The number of carbonyl (C=O) groups excluding carboxylic acids is 3. The number of ketones is 1. The molecule has 2 aromatic rings. The van der Waals surface area contributed by atoms with E-state index in [9.17, 15) is 44.4 Å². The Bertz CT molecular complexity index is 2430. The first-order valence-corrected chi connectivity index (χ1v) is 27.2. The third-order valence-corrected chi connectivity index (χ3v) is 16.6. The number of aromatic nitrogens is 1. The van der Waals surface area contributed by atoms with Gasteiger partial charge in [0.1, 0.15) is 47.1 Å². The number of Topliss-reactive ketones (excluding diaryl/α,β-unsaturated/α-hetero) is 1. The number of esters is 2. The monoisotopic (exact) mass is 1090 g/mol. The van der Waals surface area contributed by atoms with Crippen molar-refractivity contribution in [3.63, 3.8) is 0 Å². The highest BCUT2D eigenvalue weighted by Crippen LogP contribution is 2.43. The minimum absolute atomic E-state index is 0.00683. The van der Waals surface area contributed by atoms with E-state index in [0.717, 1.165) is 12.8 Å². The number of rotatable bonds is 18. The van der Waals surface area contributed by atoms with Gasteiger partial charge in [0, 0.05) is 56.7 Å². The summed E-state index contributed by atoms with van der Waals surface area (Å²) in [7, 11) is 6.68. The van der Waals surface area contributed by atoms with Crippen LogP contribution >= 0.6 is 0 Å². The van der Waals surface area contributed by atoms with Crippen LogP contribution in [-0.4, -0.2) is 186 Å². The lowest BCUT2D eigenvalue weighted by molar-refractivity contribution is -0.320. The van der Waals surface area contributed by atoms with E-state index in [-0.39, 0.29) is 80.4 Å². The third kappa shape index (κ3) is 13.9. The second kappa shape index (κ2) is 25.5. The van der Waals surface area contributed by atoms with Gasteiger partial charge >= 0.3 is 17.9 Å². The highest BCUT2D eigenvalue weighted by Gasteiger charge is 2.55. The lowest BCUT2D eigenvalue weighted by Crippen LogP contribution is -2.61. The summed E-state index contributed by atoms with van der Waals surface area (Å²) >= 11 is 0. The van der Waals surface area contributed by atoms with E-state index in [1.54, 1.807) is 53.7 Å². The minimum Gasteiger partial charge on any atom is -0.491 e. The Kier molecular flexibility index (Phi) is 20.6. The Hall–Kier alpha value is -4.13. The average Bonchev–Trinajstić information content (AvgIpc) is 4.28. The average molecular weight is 1090 g/mol. The van der Waals surface area contributed by atoms with Crippen molar-refractivity contribution >= 4 is 34.6 Å². The molecule has 434 valence electrons. The number of cyclic esters (lactones) is 1. The van der Waals surface area contributed by atoms with Crippen molar-refractivity contribution in [2.24, 2.45) is 23.7 Å². The number of carboxylic acids is 1. The van der Waals surface area contributed by atoms with E-state index in [0.29, 0.717) is 17.7 Å². The molecule has 21 heteroatoms. The van der Waals surface area contributed by atoms with Crippen LogP contribution in [0.4, 0.5) is 0 Å².